The predicted octanol–water partition coefficient (Wildman–Crippen LogP) is 7.51. The van der Waals surface area contributed by atoms with E-state index in [1.54, 1.807) is 6.07 Å². The first kappa shape index (κ1) is 33.6. The van der Waals surface area contributed by atoms with Crippen LogP contribution in [0.25, 0.3) is 10.9 Å². The van der Waals surface area contributed by atoms with Gasteiger partial charge in [0.15, 0.2) is 0 Å². The van der Waals surface area contributed by atoms with Crippen LogP contribution in [-0.4, -0.2) is 44.1 Å². The standard InChI is InChI=1S/C33H34F7N7O/c1-45-43-31(42-44-45)46(18-21-13-25(32(35,36)37)16-26(14-21)33(38,39)40)19-24-15-23-8-9-27(34)17-28(23)41-30(24)47-11-2-3-29(47)22-6-4-20(5-7-22)10-12-48/h8-9,12-17,20,22,29H,2-7,10-11,18-19H2,1H3/t20?,22?,29-/m1/s1. The van der Waals surface area contributed by atoms with Gasteiger partial charge in [0.05, 0.1) is 23.7 Å². The molecule has 2 aliphatic rings. The number of alkyl halides is 6. The zero-order valence-corrected chi connectivity index (χ0v) is 26.1. The van der Waals surface area contributed by atoms with Gasteiger partial charge in [-0.1, -0.05) is 5.10 Å². The smallest absolute Gasteiger partial charge is 0.353 e. The zero-order chi connectivity index (χ0) is 34.2. The number of benzene rings is 2. The summed E-state index contributed by atoms with van der Waals surface area (Å²) in [6, 6.07) is 7.64. The van der Waals surface area contributed by atoms with Crippen molar-refractivity contribution < 1.29 is 35.5 Å². The first-order valence-corrected chi connectivity index (χ1v) is 15.8. The Morgan fingerprint density at radius 1 is 0.917 bits per heavy atom. The fraction of sp³-hybridized carbons (Fsp3) is 0.485. The Bertz CT molecular complexity index is 1730. The first-order chi connectivity index (χ1) is 22.8. The van der Waals surface area contributed by atoms with Crippen LogP contribution < -0.4 is 9.80 Å². The Kier molecular flexibility index (Phi) is 9.31. The lowest BCUT2D eigenvalue weighted by Crippen LogP contribution is -2.39. The normalized spacial score (nSPS) is 20.4. The Balaban J connectivity index is 1.40. The summed E-state index contributed by atoms with van der Waals surface area (Å²) in [6.45, 7) is 0.240. The minimum absolute atomic E-state index is 0.0000885. The van der Waals surface area contributed by atoms with Gasteiger partial charge in [-0.3, -0.25) is 0 Å². The number of nitrogens with zero attached hydrogens (tertiary/aromatic N) is 7. The number of fused-ring (bicyclic) bond motifs is 1. The third kappa shape index (κ3) is 7.39. The summed E-state index contributed by atoms with van der Waals surface area (Å²) in [5.74, 6) is 0.819. The molecule has 1 saturated carbocycles. The van der Waals surface area contributed by atoms with Crippen molar-refractivity contribution in [2.24, 2.45) is 18.9 Å². The SMILES string of the molecule is Cn1nnc(N(Cc2cc(C(F)(F)F)cc(C(F)(F)F)c2)Cc2cc3ccc(F)cc3nc2N2CCC[C@@H]2C2CCC(CC=O)CC2)n1. The predicted molar refractivity (Wildman–Crippen MR) is 163 cm³/mol. The topological polar surface area (TPSA) is 80.0 Å². The number of pyridine rings is 1. The minimum Gasteiger partial charge on any atom is -0.353 e. The van der Waals surface area contributed by atoms with Crippen molar-refractivity contribution in [3.8, 4) is 0 Å². The largest absolute Gasteiger partial charge is 0.416 e. The molecule has 6 rings (SSSR count). The highest BCUT2D eigenvalue weighted by Gasteiger charge is 2.38. The lowest BCUT2D eigenvalue weighted by molar-refractivity contribution is -0.143. The molecule has 0 radical (unpaired) electrons. The summed E-state index contributed by atoms with van der Waals surface area (Å²) in [5, 5.41) is 12.7. The van der Waals surface area contributed by atoms with Crippen LogP contribution in [0.15, 0.2) is 42.5 Å². The van der Waals surface area contributed by atoms with Gasteiger partial charge in [0.2, 0.25) is 0 Å². The van der Waals surface area contributed by atoms with E-state index in [0.717, 1.165) is 49.6 Å². The number of hydrogen-bond donors (Lipinski definition) is 0. The van der Waals surface area contributed by atoms with E-state index in [1.165, 1.54) is 24.1 Å². The lowest BCUT2D eigenvalue weighted by atomic mass is 9.77. The molecule has 1 atom stereocenters. The van der Waals surface area contributed by atoms with Gasteiger partial charge in [-0.05, 0) is 97.5 Å². The number of carbonyl (C=O) groups excluding carboxylic acids is 1. The molecule has 0 N–H and O–H groups in total. The van der Waals surface area contributed by atoms with Crippen LogP contribution in [0.1, 0.15) is 67.2 Å². The van der Waals surface area contributed by atoms with Crippen LogP contribution in [0.2, 0.25) is 0 Å². The molecule has 4 aromatic rings. The molecule has 48 heavy (non-hydrogen) atoms. The van der Waals surface area contributed by atoms with Gasteiger partial charge in [-0.2, -0.15) is 31.1 Å². The second-order valence-corrected chi connectivity index (χ2v) is 12.7. The number of tetrazole rings is 1. The fourth-order valence-electron chi connectivity index (χ4n) is 7.16. The molecular formula is C33H34F7N7O. The van der Waals surface area contributed by atoms with E-state index >= 15 is 0 Å². The lowest BCUT2D eigenvalue weighted by Gasteiger charge is -2.38. The molecule has 0 unspecified atom stereocenters. The number of halogens is 7. The fourth-order valence-corrected chi connectivity index (χ4v) is 7.16. The van der Waals surface area contributed by atoms with Crippen molar-refractivity contribution in [2.45, 2.75) is 76.4 Å². The molecule has 2 aromatic heterocycles. The maximum atomic E-state index is 14.3. The van der Waals surface area contributed by atoms with Gasteiger partial charge in [0, 0.05) is 49.1 Å². The maximum Gasteiger partial charge on any atom is 0.416 e. The van der Waals surface area contributed by atoms with E-state index < -0.39 is 35.8 Å². The molecular weight excluding hydrogens is 643 g/mol. The molecule has 0 amide bonds. The van der Waals surface area contributed by atoms with Crippen LogP contribution >= 0.6 is 0 Å². The molecule has 2 aromatic carbocycles. The molecule has 256 valence electrons. The summed E-state index contributed by atoms with van der Waals surface area (Å²) < 4.78 is 96.7. The number of aldehydes is 1. The Labute approximate surface area is 271 Å². The Hall–Kier alpha value is -4.30. The van der Waals surface area contributed by atoms with Crippen LogP contribution in [0.5, 0.6) is 0 Å². The third-order valence-corrected chi connectivity index (χ3v) is 9.43. The summed E-state index contributed by atoms with van der Waals surface area (Å²) in [4.78, 5) is 20.8. The molecule has 2 fully saturated rings. The number of aryl methyl sites for hydroxylation is 1. The van der Waals surface area contributed by atoms with E-state index in [9.17, 15) is 35.5 Å². The second-order valence-electron chi connectivity index (χ2n) is 12.7. The highest BCUT2D eigenvalue weighted by Crippen LogP contribution is 2.41. The maximum absolute atomic E-state index is 14.3. The zero-order valence-electron chi connectivity index (χ0n) is 26.1. The van der Waals surface area contributed by atoms with E-state index in [0.29, 0.717) is 59.2 Å². The van der Waals surface area contributed by atoms with Gasteiger partial charge < -0.3 is 14.6 Å². The van der Waals surface area contributed by atoms with E-state index in [4.69, 9.17) is 4.98 Å². The van der Waals surface area contributed by atoms with E-state index in [-0.39, 0.29) is 30.2 Å². The number of anilines is 2. The molecule has 1 aliphatic carbocycles. The van der Waals surface area contributed by atoms with Gasteiger partial charge in [0.1, 0.15) is 17.9 Å². The van der Waals surface area contributed by atoms with Crippen molar-refractivity contribution in [1.29, 1.82) is 0 Å². The van der Waals surface area contributed by atoms with Gasteiger partial charge in [-0.25, -0.2) is 9.37 Å². The average Bonchev–Trinajstić information content (AvgIpc) is 3.69. The highest BCUT2D eigenvalue weighted by atomic mass is 19.4. The molecule has 1 saturated heterocycles. The Morgan fingerprint density at radius 3 is 2.25 bits per heavy atom. The molecule has 1 aliphatic heterocycles. The summed E-state index contributed by atoms with van der Waals surface area (Å²) in [6.07, 6.45) is -2.91. The highest BCUT2D eigenvalue weighted by molar-refractivity contribution is 5.82. The number of carbonyl (C=O) groups is 1. The summed E-state index contributed by atoms with van der Waals surface area (Å²) in [5.41, 5.74) is -2.03. The van der Waals surface area contributed by atoms with Crippen LogP contribution in [0.4, 0.5) is 42.5 Å². The van der Waals surface area contributed by atoms with Crippen molar-refractivity contribution in [3.05, 3.63) is 70.5 Å². The van der Waals surface area contributed by atoms with Gasteiger partial charge >= 0.3 is 12.4 Å². The second kappa shape index (κ2) is 13.3. The van der Waals surface area contributed by atoms with Crippen molar-refractivity contribution in [3.63, 3.8) is 0 Å². The number of hydrogen-bond acceptors (Lipinski definition) is 7. The van der Waals surface area contributed by atoms with E-state index in [2.05, 4.69) is 20.3 Å². The average molecular weight is 678 g/mol. The summed E-state index contributed by atoms with van der Waals surface area (Å²) in [7, 11) is 1.50. The van der Waals surface area contributed by atoms with Crippen molar-refractivity contribution in [2.75, 3.05) is 16.3 Å². The third-order valence-electron chi connectivity index (χ3n) is 9.43. The molecule has 0 bridgehead atoms. The van der Waals surface area contributed by atoms with Gasteiger partial charge in [-0.15, -0.1) is 5.10 Å². The molecule has 8 nitrogen and oxygen atoms in total. The summed E-state index contributed by atoms with van der Waals surface area (Å²) >= 11 is 0. The van der Waals surface area contributed by atoms with Crippen LogP contribution in [-0.2, 0) is 37.3 Å². The molecule has 3 heterocycles. The quantitative estimate of drug-likeness (QED) is 0.134. The van der Waals surface area contributed by atoms with E-state index in [1.807, 2.05) is 6.07 Å². The van der Waals surface area contributed by atoms with Gasteiger partial charge in [0.25, 0.3) is 5.95 Å². The number of aromatic nitrogens is 5. The van der Waals surface area contributed by atoms with Crippen LogP contribution in [0.3, 0.4) is 0 Å². The number of rotatable bonds is 9. The monoisotopic (exact) mass is 677 g/mol. The molecule has 15 heteroatoms. The van der Waals surface area contributed by atoms with Crippen LogP contribution in [0, 0.1) is 17.7 Å². The Morgan fingerprint density at radius 2 is 1.62 bits per heavy atom. The van der Waals surface area contributed by atoms with Crippen molar-refractivity contribution >= 4 is 29.0 Å². The minimum atomic E-state index is -5.01. The molecule has 0 spiro atoms. The van der Waals surface area contributed by atoms with Crippen molar-refractivity contribution in [1.82, 2.24) is 25.2 Å². The first-order valence-electron chi connectivity index (χ1n) is 15.8.